The van der Waals surface area contributed by atoms with Crippen LogP contribution in [0.4, 0.5) is 0 Å². The molecule has 138 valence electrons. The summed E-state index contributed by atoms with van der Waals surface area (Å²) >= 11 is 13.8. The Balaban J connectivity index is 1.83. The lowest BCUT2D eigenvalue weighted by molar-refractivity contribution is 0.0241. The standard InChI is InChI=1S/C17H18Cl2N4O2S/c1-2-13-20-17-23(21-13)16(24)15(26-17)14(22-5-7-25-8-6-22)10-3-4-11(18)12(19)9-10/h3-4,9,14,24H,2,5-8H2,1H3. The molecule has 1 atom stereocenters. The molecular formula is C17H18Cl2N4O2S. The molecule has 1 N–H and O–H groups in total. The molecule has 0 amide bonds. The number of halogens is 2. The van der Waals surface area contributed by atoms with Gasteiger partial charge in [0.2, 0.25) is 10.8 Å². The number of rotatable bonds is 4. The molecule has 1 aromatic carbocycles. The Bertz CT molecular complexity index is 936. The van der Waals surface area contributed by atoms with Crippen molar-refractivity contribution in [2.45, 2.75) is 19.4 Å². The molecule has 0 aliphatic carbocycles. The second-order valence-electron chi connectivity index (χ2n) is 6.09. The van der Waals surface area contributed by atoms with Gasteiger partial charge in [-0.15, -0.1) is 5.10 Å². The summed E-state index contributed by atoms with van der Waals surface area (Å²) < 4.78 is 7.01. The Kier molecular flexibility index (Phi) is 5.07. The number of aromatic nitrogens is 3. The van der Waals surface area contributed by atoms with E-state index in [-0.39, 0.29) is 11.9 Å². The number of ether oxygens (including phenoxy) is 1. The van der Waals surface area contributed by atoms with Crippen molar-refractivity contribution >= 4 is 39.5 Å². The minimum atomic E-state index is -0.160. The quantitative estimate of drug-likeness (QED) is 0.705. The van der Waals surface area contributed by atoms with Gasteiger partial charge < -0.3 is 9.84 Å². The first kappa shape index (κ1) is 18.0. The van der Waals surface area contributed by atoms with E-state index < -0.39 is 0 Å². The second kappa shape index (κ2) is 7.32. The summed E-state index contributed by atoms with van der Waals surface area (Å²) in [5.41, 5.74) is 0.969. The largest absolute Gasteiger partial charge is 0.492 e. The van der Waals surface area contributed by atoms with Gasteiger partial charge in [0, 0.05) is 19.5 Å². The lowest BCUT2D eigenvalue weighted by Crippen LogP contribution is -2.39. The highest BCUT2D eigenvalue weighted by atomic mass is 35.5. The van der Waals surface area contributed by atoms with E-state index in [1.54, 1.807) is 6.07 Å². The molecule has 1 unspecified atom stereocenters. The molecule has 1 aliphatic heterocycles. The Labute approximate surface area is 164 Å². The van der Waals surface area contributed by atoms with Gasteiger partial charge in [0.25, 0.3) is 0 Å². The average Bonchev–Trinajstić information content (AvgIpc) is 3.19. The molecule has 26 heavy (non-hydrogen) atoms. The Morgan fingerprint density at radius 2 is 2.04 bits per heavy atom. The number of nitrogens with zero attached hydrogens (tertiary/aromatic N) is 4. The second-order valence-corrected chi connectivity index (χ2v) is 7.91. The number of fused-ring (bicyclic) bond motifs is 1. The van der Waals surface area contributed by atoms with Gasteiger partial charge >= 0.3 is 0 Å². The highest BCUT2D eigenvalue weighted by molar-refractivity contribution is 7.17. The summed E-state index contributed by atoms with van der Waals surface area (Å²) in [6, 6.07) is 5.43. The molecule has 2 aromatic heterocycles. The van der Waals surface area contributed by atoms with E-state index in [1.165, 1.54) is 15.9 Å². The SMILES string of the molecule is CCc1nc2sc(C(c3ccc(Cl)c(Cl)c3)N3CCOCC3)c(O)n2n1. The smallest absolute Gasteiger partial charge is 0.230 e. The third-order valence-electron chi connectivity index (χ3n) is 4.48. The number of morpholine rings is 1. The zero-order valence-electron chi connectivity index (χ0n) is 14.2. The third kappa shape index (κ3) is 3.18. The summed E-state index contributed by atoms with van der Waals surface area (Å²) in [5, 5.41) is 16.2. The molecule has 0 spiro atoms. The summed E-state index contributed by atoms with van der Waals surface area (Å²) in [7, 11) is 0. The number of benzene rings is 1. The topological polar surface area (TPSA) is 62.9 Å². The van der Waals surface area contributed by atoms with Crippen LogP contribution in [-0.2, 0) is 11.2 Å². The first-order valence-corrected chi connectivity index (χ1v) is 9.99. The lowest BCUT2D eigenvalue weighted by atomic mass is 10.0. The van der Waals surface area contributed by atoms with Gasteiger partial charge in [0.1, 0.15) is 0 Å². The lowest BCUT2D eigenvalue weighted by Gasteiger charge is -2.34. The number of hydrogen-bond acceptors (Lipinski definition) is 6. The maximum Gasteiger partial charge on any atom is 0.230 e. The van der Waals surface area contributed by atoms with E-state index in [0.29, 0.717) is 28.2 Å². The maximum absolute atomic E-state index is 10.8. The molecule has 1 fully saturated rings. The van der Waals surface area contributed by atoms with Crippen molar-refractivity contribution in [2.75, 3.05) is 26.3 Å². The van der Waals surface area contributed by atoms with Crippen LogP contribution in [-0.4, -0.2) is 50.9 Å². The minimum Gasteiger partial charge on any atom is -0.492 e. The molecule has 0 saturated carbocycles. The monoisotopic (exact) mass is 412 g/mol. The highest BCUT2D eigenvalue weighted by Crippen LogP contribution is 2.41. The van der Waals surface area contributed by atoms with E-state index in [1.807, 2.05) is 19.1 Å². The molecular weight excluding hydrogens is 395 g/mol. The summed E-state index contributed by atoms with van der Waals surface area (Å²) in [6.07, 6.45) is 0.725. The van der Waals surface area contributed by atoms with Gasteiger partial charge in [-0.05, 0) is 17.7 Å². The molecule has 9 heteroatoms. The van der Waals surface area contributed by atoms with Gasteiger partial charge in [0.15, 0.2) is 5.82 Å². The zero-order chi connectivity index (χ0) is 18.3. The van der Waals surface area contributed by atoms with E-state index in [0.717, 1.165) is 35.8 Å². The number of hydrogen-bond donors (Lipinski definition) is 1. The van der Waals surface area contributed by atoms with Gasteiger partial charge in [-0.25, -0.2) is 4.98 Å². The van der Waals surface area contributed by atoms with Crippen LogP contribution in [0.2, 0.25) is 10.0 Å². The van der Waals surface area contributed by atoms with E-state index >= 15 is 0 Å². The number of aromatic hydroxyl groups is 1. The predicted molar refractivity (Wildman–Crippen MR) is 103 cm³/mol. The van der Waals surface area contributed by atoms with Gasteiger partial charge in [0.05, 0.1) is 34.2 Å². The van der Waals surface area contributed by atoms with Crippen molar-refractivity contribution < 1.29 is 9.84 Å². The van der Waals surface area contributed by atoms with Crippen molar-refractivity contribution in [2.24, 2.45) is 0 Å². The van der Waals surface area contributed by atoms with Crippen LogP contribution in [0.3, 0.4) is 0 Å². The van der Waals surface area contributed by atoms with Crippen LogP contribution in [0.5, 0.6) is 5.88 Å². The van der Waals surface area contributed by atoms with Crippen LogP contribution in [0.1, 0.15) is 29.2 Å². The first-order valence-electron chi connectivity index (χ1n) is 8.42. The first-order chi connectivity index (χ1) is 12.6. The molecule has 3 aromatic rings. The van der Waals surface area contributed by atoms with Crippen molar-refractivity contribution in [3.63, 3.8) is 0 Å². The Hall–Kier alpha value is -1.38. The number of thiazole rings is 1. The molecule has 6 nitrogen and oxygen atoms in total. The van der Waals surface area contributed by atoms with Gasteiger partial charge in [-0.1, -0.05) is 47.5 Å². The summed E-state index contributed by atoms with van der Waals surface area (Å²) in [5.74, 6) is 0.843. The zero-order valence-corrected chi connectivity index (χ0v) is 16.5. The van der Waals surface area contributed by atoms with Crippen molar-refractivity contribution in [3.8, 4) is 5.88 Å². The Morgan fingerprint density at radius 1 is 1.27 bits per heavy atom. The fraction of sp³-hybridized carbons (Fsp3) is 0.412. The fourth-order valence-corrected chi connectivity index (χ4v) is 4.61. The van der Waals surface area contributed by atoms with Crippen molar-refractivity contribution in [1.82, 2.24) is 19.5 Å². The van der Waals surface area contributed by atoms with E-state index in [4.69, 9.17) is 27.9 Å². The van der Waals surface area contributed by atoms with Gasteiger partial charge in [-0.3, -0.25) is 4.90 Å². The number of aryl methyl sites for hydroxylation is 1. The van der Waals surface area contributed by atoms with E-state index in [9.17, 15) is 5.11 Å². The molecule has 0 bridgehead atoms. The Morgan fingerprint density at radius 3 is 2.69 bits per heavy atom. The highest BCUT2D eigenvalue weighted by Gasteiger charge is 2.31. The molecule has 1 saturated heterocycles. The minimum absolute atomic E-state index is 0.125. The molecule has 3 heterocycles. The van der Waals surface area contributed by atoms with E-state index in [2.05, 4.69) is 15.0 Å². The fourth-order valence-electron chi connectivity index (χ4n) is 3.16. The van der Waals surface area contributed by atoms with Crippen molar-refractivity contribution in [3.05, 3.63) is 44.5 Å². The summed E-state index contributed by atoms with van der Waals surface area (Å²) in [6.45, 7) is 4.82. The molecule has 1 aliphatic rings. The van der Waals surface area contributed by atoms with Crippen LogP contribution in [0.25, 0.3) is 4.96 Å². The predicted octanol–water partition coefficient (Wildman–Crippen LogP) is 3.79. The van der Waals surface area contributed by atoms with Crippen LogP contribution < -0.4 is 0 Å². The van der Waals surface area contributed by atoms with Crippen LogP contribution >= 0.6 is 34.5 Å². The average molecular weight is 413 g/mol. The molecule has 0 radical (unpaired) electrons. The third-order valence-corrected chi connectivity index (χ3v) is 6.29. The normalized spacial score (nSPS) is 17.0. The molecule has 4 rings (SSSR count). The van der Waals surface area contributed by atoms with Gasteiger partial charge in [-0.2, -0.15) is 4.52 Å². The summed E-state index contributed by atoms with van der Waals surface area (Å²) in [4.78, 5) is 8.24. The van der Waals surface area contributed by atoms with Crippen LogP contribution in [0.15, 0.2) is 18.2 Å². The maximum atomic E-state index is 10.8. The van der Waals surface area contributed by atoms with Crippen molar-refractivity contribution in [1.29, 1.82) is 0 Å². The van der Waals surface area contributed by atoms with Crippen LogP contribution in [0, 0.1) is 0 Å².